The van der Waals surface area contributed by atoms with Crippen LogP contribution < -0.4 is 5.43 Å². The smallest absolute Gasteiger partial charge is 0.197 e. The van der Waals surface area contributed by atoms with Gasteiger partial charge >= 0.3 is 0 Å². The van der Waals surface area contributed by atoms with Crippen LogP contribution in [-0.4, -0.2) is 21.4 Å². The number of rotatable bonds is 3. The summed E-state index contributed by atoms with van der Waals surface area (Å²) in [5.41, 5.74) is 5.95. The summed E-state index contributed by atoms with van der Waals surface area (Å²) in [6, 6.07) is 3.98. The number of hydrogen-bond acceptors (Lipinski definition) is 5. The molecule has 0 bridgehead atoms. The van der Waals surface area contributed by atoms with E-state index in [1.165, 1.54) is 43.4 Å². The van der Waals surface area contributed by atoms with Crippen LogP contribution in [-0.2, 0) is 19.5 Å². The van der Waals surface area contributed by atoms with Crippen molar-refractivity contribution in [2.45, 2.75) is 71.4 Å². The first-order valence-electron chi connectivity index (χ1n) is 11.2. The van der Waals surface area contributed by atoms with E-state index in [4.69, 9.17) is 14.4 Å². The Labute approximate surface area is 177 Å². The van der Waals surface area contributed by atoms with E-state index >= 15 is 0 Å². The standard InChI is InChI=1S/C25H29N3O2/c1-16-10-17(2)23-22(11-16)30-15-20(24(23)29)14-28-9-8-21-19(13-28)12-26-25(27-21)18-6-4-3-5-7-18/h10-12,15,18H,3-9,13-14H2,1-2H3. The summed E-state index contributed by atoms with van der Waals surface area (Å²) in [7, 11) is 0. The lowest BCUT2D eigenvalue weighted by Gasteiger charge is -2.28. The normalized spacial score (nSPS) is 17.9. The third-order valence-corrected chi connectivity index (χ3v) is 6.69. The van der Waals surface area contributed by atoms with Gasteiger partial charge in [-0.2, -0.15) is 0 Å². The zero-order valence-electron chi connectivity index (χ0n) is 17.9. The molecule has 3 heterocycles. The van der Waals surface area contributed by atoms with Crippen molar-refractivity contribution in [1.82, 2.24) is 14.9 Å². The minimum absolute atomic E-state index is 0.0865. The van der Waals surface area contributed by atoms with Gasteiger partial charge in [0.1, 0.15) is 11.4 Å². The fraction of sp³-hybridized carbons (Fsp3) is 0.480. The van der Waals surface area contributed by atoms with Crippen LogP contribution in [0.15, 0.2) is 33.8 Å². The lowest BCUT2D eigenvalue weighted by Crippen LogP contribution is -2.33. The van der Waals surface area contributed by atoms with E-state index in [2.05, 4.69) is 4.90 Å². The van der Waals surface area contributed by atoms with E-state index in [0.29, 0.717) is 23.4 Å². The Kier molecular flexibility index (Phi) is 5.15. The van der Waals surface area contributed by atoms with Crippen LogP contribution in [0.2, 0.25) is 0 Å². The van der Waals surface area contributed by atoms with Crippen molar-refractivity contribution >= 4 is 11.0 Å². The van der Waals surface area contributed by atoms with Crippen LogP contribution >= 0.6 is 0 Å². The predicted octanol–water partition coefficient (Wildman–Crippen LogP) is 4.81. The Balaban J connectivity index is 1.35. The summed E-state index contributed by atoms with van der Waals surface area (Å²) in [5.74, 6) is 1.58. The van der Waals surface area contributed by atoms with E-state index in [-0.39, 0.29) is 5.43 Å². The molecule has 1 fully saturated rings. The van der Waals surface area contributed by atoms with Gasteiger partial charge in [0, 0.05) is 55.0 Å². The van der Waals surface area contributed by atoms with Crippen LogP contribution in [0.1, 0.15) is 71.8 Å². The molecule has 2 aliphatic rings. The fourth-order valence-electron chi connectivity index (χ4n) is 5.09. The highest BCUT2D eigenvalue weighted by atomic mass is 16.3. The number of fused-ring (bicyclic) bond motifs is 2. The number of hydrogen-bond donors (Lipinski definition) is 0. The minimum atomic E-state index is 0.0865. The van der Waals surface area contributed by atoms with Gasteiger partial charge in [-0.1, -0.05) is 25.3 Å². The van der Waals surface area contributed by atoms with E-state index in [1.807, 2.05) is 32.2 Å². The first-order valence-corrected chi connectivity index (χ1v) is 11.2. The molecule has 2 aromatic heterocycles. The highest BCUT2D eigenvalue weighted by molar-refractivity contribution is 5.81. The Hall–Kier alpha value is -2.53. The molecule has 30 heavy (non-hydrogen) atoms. The molecule has 0 unspecified atom stereocenters. The van der Waals surface area contributed by atoms with E-state index in [9.17, 15) is 4.79 Å². The molecular formula is C25H29N3O2. The summed E-state index contributed by atoms with van der Waals surface area (Å²) in [6.45, 7) is 6.28. The van der Waals surface area contributed by atoms with Gasteiger partial charge in [-0.25, -0.2) is 9.97 Å². The predicted molar refractivity (Wildman–Crippen MR) is 118 cm³/mol. The molecule has 0 saturated heterocycles. The average Bonchev–Trinajstić information content (AvgIpc) is 2.75. The number of benzene rings is 1. The van der Waals surface area contributed by atoms with Crippen LogP contribution in [0, 0.1) is 13.8 Å². The zero-order valence-corrected chi connectivity index (χ0v) is 17.9. The van der Waals surface area contributed by atoms with Crippen LogP contribution in [0.25, 0.3) is 11.0 Å². The van der Waals surface area contributed by atoms with E-state index in [1.54, 1.807) is 6.26 Å². The maximum Gasteiger partial charge on any atom is 0.197 e. The van der Waals surface area contributed by atoms with Gasteiger partial charge in [0.25, 0.3) is 0 Å². The van der Waals surface area contributed by atoms with Gasteiger partial charge in [-0.3, -0.25) is 9.69 Å². The molecule has 0 N–H and O–H groups in total. The van der Waals surface area contributed by atoms with E-state index in [0.717, 1.165) is 42.0 Å². The molecule has 0 atom stereocenters. The SMILES string of the molecule is Cc1cc(C)c2c(=O)c(CN3CCc4nc(C5CCCCC5)ncc4C3)coc2c1. The van der Waals surface area contributed by atoms with Crippen molar-refractivity contribution < 1.29 is 4.42 Å². The van der Waals surface area contributed by atoms with Gasteiger partial charge in [-0.05, 0) is 43.9 Å². The first-order chi connectivity index (χ1) is 14.6. The Morgan fingerprint density at radius 3 is 2.83 bits per heavy atom. The summed E-state index contributed by atoms with van der Waals surface area (Å²) in [6.07, 6.45) is 11.0. The second-order valence-corrected chi connectivity index (χ2v) is 9.04. The third kappa shape index (κ3) is 3.67. The van der Waals surface area contributed by atoms with Crippen molar-refractivity contribution in [3.05, 3.63) is 68.6 Å². The van der Waals surface area contributed by atoms with Gasteiger partial charge in [-0.15, -0.1) is 0 Å². The summed E-state index contributed by atoms with van der Waals surface area (Å²) >= 11 is 0. The van der Waals surface area contributed by atoms with Crippen molar-refractivity contribution in [3.8, 4) is 0 Å². The number of aromatic nitrogens is 2. The lowest BCUT2D eigenvalue weighted by molar-refractivity contribution is 0.240. The first kappa shape index (κ1) is 19.4. The molecule has 0 spiro atoms. The Morgan fingerprint density at radius 1 is 1.17 bits per heavy atom. The molecule has 1 aromatic carbocycles. The molecule has 5 rings (SSSR count). The minimum Gasteiger partial charge on any atom is -0.464 e. The largest absolute Gasteiger partial charge is 0.464 e. The fourth-order valence-corrected chi connectivity index (χ4v) is 5.09. The lowest BCUT2D eigenvalue weighted by atomic mass is 9.88. The molecule has 5 heteroatoms. The van der Waals surface area contributed by atoms with Crippen molar-refractivity contribution in [1.29, 1.82) is 0 Å². The van der Waals surface area contributed by atoms with Gasteiger partial charge in [0.2, 0.25) is 0 Å². The summed E-state index contributed by atoms with van der Waals surface area (Å²) < 4.78 is 5.83. The second-order valence-electron chi connectivity index (χ2n) is 9.04. The van der Waals surface area contributed by atoms with Gasteiger partial charge in [0.05, 0.1) is 11.6 Å². The monoisotopic (exact) mass is 403 g/mol. The quantitative estimate of drug-likeness (QED) is 0.628. The third-order valence-electron chi connectivity index (χ3n) is 6.69. The zero-order chi connectivity index (χ0) is 20.7. The molecule has 3 aromatic rings. The molecular weight excluding hydrogens is 374 g/mol. The molecule has 0 amide bonds. The van der Waals surface area contributed by atoms with Gasteiger partial charge in [0.15, 0.2) is 5.43 Å². The Bertz CT molecular complexity index is 1150. The van der Waals surface area contributed by atoms with Crippen molar-refractivity contribution in [3.63, 3.8) is 0 Å². The van der Waals surface area contributed by atoms with Crippen LogP contribution in [0.3, 0.4) is 0 Å². The molecule has 5 nitrogen and oxygen atoms in total. The summed E-state index contributed by atoms with van der Waals surface area (Å²) in [4.78, 5) is 25.0. The molecule has 1 saturated carbocycles. The topological polar surface area (TPSA) is 59.2 Å². The maximum atomic E-state index is 13.1. The molecule has 1 aliphatic carbocycles. The maximum absolute atomic E-state index is 13.1. The van der Waals surface area contributed by atoms with Crippen molar-refractivity contribution in [2.24, 2.45) is 0 Å². The number of aryl methyl sites for hydroxylation is 2. The highest BCUT2D eigenvalue weighted by Crippen LogP contribution is 2.31. The average molecular weight is 404 g/mol. The summed E-state index contributed by atoms with van der Waals surface area (Å²) in [5, 5.41) is 0.705. The second kappa shape index (κ2) is 7.95. The molecule has 0 radical (unpaired) electrons. The highest BCUT2D eigenvalue weighted by Gasteiger charge is 2.23. The molecule has 1 aliphatic heterocycles. The van der Waals surface area contributed by atoms with Crippen LogP contribution in [0.4, 0.5) is 0 Å². The Morgan fingerprint density at radius 2 is 2.00 bits per heavy atom. The van der Waals surface area contributed by atoms with Gasteiger partial charge < -0.3 is 4.42 Å². The molecule has 156 valence electrons. The van der Waals surface area contributed by atoms with Crippen LogP contribution in [0.5, 0.6) is 0 Å². The van der Waals surface area contributed by atoms with Crippen molar-refractivity contribution in [2.75, 3.05) is 6.54 Å². The van der Waals surface area contributed by atoms with E-state index < -0.39 is 0 Å². The number of nitrogens with zero attached hydrogens (tertiary/aromatic N) is 3.